The Morgan fingerprint density at radius 1 is 1.39 bits per heavy atom. The number of hydrogen-bond donors (Lipinski definition) is 1. The van der Waals surface area contributed by atoms with Crippen molar-refractivity contribution in [2.75, 3.05) is 13.1 Å². The van der Waals surface area contributed by atoms with E-state index in [2.05, 4.69) is 23.8 Å². The smallest absolute Gasteiger partial charge is 0.0716 e. The third-order valence-corrected chi connectivity index (χ3v) is 3.96. The lowest BCUT2D eigenvalue weighted by Crippen LogP contribution is -2.35. The van der Waals surface area contributed by atoms with E-state index >= 15 is 0 Å². The van der Waals surface area contributed by atoms with Crippen LogP contribution in [0.4, 0.5) is 0 Å². The molecule has 2 rings (SSSR count). The molecule has 1 fully saturated rings. The van der Waals surface area contributed by atoms with Crippen LogP contribution in [0.25, 0.3) is 0 Å². The number of rotatable bonds is 3. The van der Waals surface area contributed by atoms with Crippen LogP contribution in [0.5, 0.6) is 0 Å². The van der Waals surface area contributed by atoms with E-state index in [9.17, 15) is 5.11 Å². The number of likely N-dealkylation sites (tertiary alicyclic amines) is 1. The summed E-state index contributed by atoms with van der Waals surface area (Å²) >= 11 is 0. The summed E-state index contributed by atoms with van der Waals surface area (Å²) in [5.41, 5.74) is 0.427. The number of hydrogen-bond acceptors (Lipinski definition) is 3. The molecule has 0 aromatic carbocycles. The van der Waals surface area contributed by atoms with Gasteiger partial charge in [-0.2, -0.15) is 5.10 Å². The van der Waals surface area contributed by atoms with Crippen molar-refractivity contribution in [1.82, 2.24) is 14.7 Å². The van der Waals surface area contributed by atoms with Crippen molar-refractivity contribution in [3.8, 4) is 0 Å². The molecule has 1 saturated heterocycles. The average Bonchev–Trinajstić information content (AvgIpc) is 2.58. The molecule has 1 aromatic rings. The summed E-state index contributed by atoms with van der Waals surface area (Å²) in [5, 5.41) is 15.1. The predicted molar refractivity (Wildman–Crippen MR) is 72.4 cm³/mol. The lowest BCUT2D eigenvalue weighted by atomic mass is 9.90. The highest BCUT2D eigenvalue weighted by Gasteiger charge is 2.31. The van der Waals surface area contributed by atoms with Crippen LogP contribution < -0.4 is 0 Å². The first kappa shape index (κ1) is 13.6. The minimum Gasteiger partial charge on any atom is -0.389 e. The molecule has 1 aromatic heterocycles. The molecule has 102 valence electrons. The maximum Gasteiger partial charge on any atom is 0.0716 e. The van der Waals surface area contributed by atoms with Gasteiger partial charge in [0.2, 0.25) is 0 Å². The van der Waals surface area contributed by atoms with Crippen LogP contribution in [-0.4, -0.2) is 44.5 Å². The van der Waals surface area contributed by atoms with E-state index in [0.717, 1.165) is 38.0 Å². The van der Waals surface area contributed by atoms with Crippen molar-refractivity contribution >= 4 is 0 Å². The second-order valence-electron chi connectivity index (χ2n) is 5.87. The van der Waals surface area contributed by atoms with Gasteiger partial charge in [-0.3, -0.25) is 4.68 Å². The summed E-state index contributed by atoms with van der Waals surface area (Å²) < 4.78 is 1.80. The number of aromatic nitrogens is 2. The van der Waals surface area contributed by atoms with Gasteiger partial charge in [-0.1, -0.05) is 0 Å². The fraction of sp³-hybridized carbons (Fsp3) is 0.786. The Morgan fingerprint density at radius 3 is 2.78 bits per heavy atom. The SMILES string of the molecule is CC(C)N1CCCC(O)(Cc2ccn(C)n2)CC1. The first-order chi connectivity index (χ1) is 8.48. The quantitative estimate of drug-likeness (QED) is 0.887. The van der Waals surface area contributed by atoms with Crippen molar-refractivity contribution in [2.24, 2.45) is 7.05 Å². The molecule has 18 heavy (non-hydrogen) atoms. The third-order valence-electron chi connectivity index (χ3n) is 3.96. The zero-order valence-corrected chi connectivity index (χ0v) is 11.8. The van der Waals surface area contributed by atoms with E-state index in [4.69, 9.17) is 0 Å². The van der Waals surface area contributed by atoms with Crippen LogP contribution in [-0.2, 0) is 13.5 Å². The molecule has 0 amide bonds. The maximum absolute atomic E-state index is 10.7. The summed E-state index contributed by atoms with van der Waals surface area (Å²) in [6.07, 6.45) is 5.42. The predicted octanol–water partition coefficient (Wildman–Crippen LogP) is 1.59. The van der Waals surface area contributed by atoms with Crippen LogP contribution in [0.15, 0.2) is 12.3 Å². The van der Waals surface area contributed by atoms with Crippen LogP contribution in [0.2, 0.25) is 0 Å². The van der Waals surface area contributed by atoms with Gasteiger partial charge in [-0.25, -0.2) is 0 Å². The zero-order valence-electron chi connectivity index (χ0n) is 11.8. The number of aryl methyl sites for hydroxylation is 1. The van der Waals surface area contributed by atoms with Gasteiger partial charge < -0.3 is 10.0 Å². The molecule has 1 unspecified atom stereocenters. The fourth-order valence-corrected chi connectivity index (χ4v) is 2.79. The van der Waals surface area contributed by atoms with Gasteiger partial charge in [0, 0.05) is 32.3 Å². The topological polar surface area (TPSA) is 41.3 Å². The Bertz CT molecular complexity index is 388. The summed E-state index contributed by atoms with van der Waals surface area (Å²) in [7, 11) is 1.92. The first-order valence-electron chi connectivity index (χ1n) is 6.93. The van der Waals surface area contributed by atoms with E-state index < -0.39 is 5.60 Å². The number of aliphatic hydroxyl groups is 1. The summed E-state index contributed by atoms with van der Waals surface area (Å²) in [6, 6.07) is 2.57. The lowest BCUT2D eigenvalue weighted by Gasteiger charge is -2.27. The van der Waals surface area contributed by atoms with Crippen molar-refractivity contribution in [3.63, 3.8) is 0 Å². The second-order valence-corrected chi connectivity index (χ2v) is 5.87. The highest BCUT2D eigenvalue weighted by atomic mass is 16.3. The molecule has 0 radical (unpaired) electrons. The van der Waals surface area contributed by atoms with E-state index in [0.29, 0.717) is 12.5 Å². The average molecular weight is 251 g/mol. The molecule has 1 atom stereocenters. The van der Waals surface area contributed by atoms with Crippen LogP contribution in [0, 0.1) is 0 Å². The molecule has 0 spiro atoms. The van der Waals surface area contributed by atoms with Crippen molar-refractivity contribution < 1.29 is 5.11 Å². The monoisotopic (exact) mass is 251 g/mol. The molecular weight excluding hydrogens is 226 g/mol. The van der Waals surface area contributed by atoms with Gasteiger partial charge in [0.25, 0.3) is 0 Å². The molecule has 2 heterocycles. The molecule has 1 aliphatic heterocycles. The van der Waals surface area contributed by atoms with Crippen molar-refractivity contribution in [2.45, 2.75) is 51.2 Å². The highest BCUT2D eigenvalue weighted by molar-refractivity contribution is 5.04. The molecular formula is C14H25N3O. The third kappa shape index (κ3) is 3.33. The molecule has 4 heteroatoms. The minimum absolute atomic E-state index is 0.571. The standard InChI is InChI=1S/C14H25N3O/c1-12(2)17-8-4-6-14(18,7-10-17)11-13-5-9-16(3)15-13/h5,9,12,18H,4,6-8,10-11H2,1-3H3. The van der Waals surface area contributed by atoms with Crippen molar-refractivity contribution in [1.29, 1.82) is 0 Å². The van der Waals surface area contributed by atoms with Gasteiger partial charge in [0.05, 0.1) is 11.3 Å². The van der Waals surface area contributed by atoms with E-state index in [1.54, 1.807) is 4.68 Å². The minimum atomic E-state index is -0.571. The van der Waals surface area contributed by atoms with Gasteiger partial charge in [-0.05, 0) is 45.7 Å². The number of nitrogens with zero attached hydrogens (tertiary/aromatic N) is 3. The Balaban J connectivity index is 1.98. The van der Waals surface area contributed by atoms with Gasteiger partial charge in [0.1, 0.15) is 0 Å². The van der Waals surface area contributed by atoms with Gasteiger partial charge in [0.15, 0.2) is 0 Å². The van der Waals surface area contributed by atoms with Crippen LogP contribution in [0.1, 0.15) is 38.8 Å². The zero-order chi connectivity index (χ0) is 13.2. The lowest BCUT2D eigenvalue weighted by molar-refractivity contribution is 0.0239. The normalized spacial score (nSPS) is 26.5. The van der Waals surface area contributed by atoms with Crippen LogP contribution >= 0.6 is 0 Å². The summed E-state index contributed by atoms with van der Waals surface area (Å²) in [6.45, 7) is 6.54. The molecule has 1 aliphatic rings. The Kier molecular flexibility index (Phi) is 4.07. The van der Waals surface area contributed by atoms with Gasteiger partial charge in [-0.15, -0.1) is 0 Å². The maximum atomic E-state index is 10.7. The summed E-state index contributed by atoms with van der Waals surface area (Å²) in [4.78, 5) is 2.45. The highest BCUT2D eigenvalue weighted by Crippen LogP contribution is 2.26. The molecule has 1 N–H and O–H groups in total. The van der Waals surface area contributed by atoms with Crippen molar-refractivity contribution in [3.05, 3.63) is 18.0 Å². The largest absolute Gasteiger partial charge is 0.389 e. The Hall–Kier alpha value is -0.870. The molecule has 4 nitrogen and oxygen atoms in total. The molecule has 0 aliphatic carbocycles. The van der Waals surface area contributed by atoms with Crippen LogP contribution in [0.3, 0.4) is 0 Å². The second kappa shape index (κ2) is 5.41. The molecule has 0 bridgehead atoms. The van der Waals surface area contributed by atoms with E-state index in [1.807, 2.05) is 19.3 Å². The van der Waals surface area contributed by atoms with E-state index in [1.165, 1.54) is 0 Å². The first-order valence-corrected chi connectivity index (χ1v) is 6.93. The Morgan fingerprint density at radius 2 is 2.17 bits per heavy atom. The fourth-order valence-electron chi connectivity index (χ4n) is 2.79. The van der Waals surface area contributed by atoms with Gasteiger partial charge >= 0.3 is 0 Å². The molecule has 0 saturated carbocycles. The van der Waals surface area contributed by atoms with E-state index in [-0.39, 0.29) is 0 Å². The Labute approximate surface area is 110 Å². The summed E-state index contributed by atoms with van der Waals surface area (Å²) in [5.74, 6) is 0.